The molecule has 0 spiro atoms. The van der Waals surface area contributed by atoms with Crippen molar-refractivity contribution >= 4 is 19.9 Å². The van der Waals surface area contributed by atoms with Crippen molar-refractivity contribution in [1.29, 1.82) is 0 Å². The summed E-state index contributed by atoms with van der Waals surface area (Å²) in [5, 5.41) is 0. The van der Waals surface area contributed by atoms with Crippen LogP contribution in [0.5, 0.6) is 0 Å². The van der Waals surface area contributed by atoms with Crippen molar-refractivity contribution in [3.8, 4) is 0 Å². The first-order valence-corrected chi connectivity index (χ1v) is 13.4. The zero-order valence-corrected chi connectivity index (χ0v) is 21.7. The first kappa shape index (κ1) is 29.0. The smallest absolute Gasteiger partial charge is 0.459 e. The fourth-order valence-corrected chi connectivity index (χ4v) is 4.15. The number of phosphoric ester groups is 1. The number of phosphoric acid groups is 1. The second-order valence-corrected chi connectivity index (χ2v) is 9.65. The average Bonchev–Trinajstić information content (AvgIpc) is 2.95. The molecule has 1 amide bonds. The Kier molecular flexibility index (Phi) is 12.0. The van der Waals surface area contributed by atoms with Crippen molar-refractivity contribution in [2.24, 2.45) is 5.73 Å². The van der Waals surface area contributed by atoms with Gasteiger partial charge in [-0.15, -0.1) is 0 Å². The number of esters is 1. The zero-order valence-electron chi connectivity index (χ0n) is 20.8. The number of nitrogens with two attached hydrogens (primary N) is 1. The normalized spacial score (nSPS) is 11.1. The lowest BCUT2D eigenvalue weighted by molar-refractivity contribution is -0.146. The first-order valence-electron chi connectivity index (χ1n) is 11.9. The molecule has 0 fully saturated rings. The van der Waals surface area contributed by atoms with Crippen molar-refractivity contribution in [2.45, 2.75) is 19.8 Å². The maximum atomic E-state index is 13.3. The maximum Gasteiger partial charge on any atom is 0.478 e. The number of hydrogen-bond acceptors (Lipinski definition) is 9. The van der Waals surface area contributed by atoms with Crippen molar-refractivity contribution in [3.05, 3.63) is 108 Å². The Balaban J connectivity index is 1.53. The van der Waals surface area contributed by atoms with E-state index in [-0.39, 0.29) is 39.5 Å². The van der Waals surface area contributed by atoms with Gasteiger partial charge in [-0.3, -0.25) is 18.7 Å². The lowest BCUT2D eigenvalue weighted by Crippen LogP contribution is -2.40. The number of ether oxygens (including phenoxy) is 2. The lowest BCUT2D eigenvalue weighted by Gasteiger charge is -2.22. The summed E-state index contributed by atoms with van der Waals surface area (Å²) < 4.78 is 39.8. The number of hydrogen-bond donors (Lipinski definition) is 1. The SMILES string of the molecule is NCCN(CC(=O)OCc1ccccc1)C(=O)OCOP(=O)(OCc1ccccc1)OCc1ccccc1. The van der Waals surface area contributed by atoms with Gasteiger partial charge in [0.25, 0.3) is 0 Å². The van der Waals surface area contributed by atoms with Gasteiger partial charge in [-0.1, -0.05) is 91.0 Å². The van der Waals surface area contributed by atoms with Crippen LogP contribution in [0, 0.1) is 0 Å². The molecule has 0 aliphatic carbocycles. The highest BCUT2D eigenvalue weighted by molar-refractivity contribution is 7.48. The molecule has 3 rings (SSSR count). The quantitative estimate of drug-likeness (QED) is 0.166. The summed E-state index contributed by atoms with van der Waals surface area (Å²) >= 11 is 0. The third-order valence-electron chi connectivity index (χ3n) is 5.08. The predicted octanol–water partition coefficient (Wildman–Crippen LogP) is 4.64. The van der Waals surface area contributed by atoms with Gasteiger partial charge >= 0.3 is 19.9 Å². The van der Waals surface area contributed by atoms with E-state index in [1.54, 1.807) is 24.3 Å². The number of amides is 1. The van der Waals surface area contributed by atoms with E-state index in [0.29, 0.717) is 0 Å². The van der Waals surface area contributed by atoms with Gasteiger partial charge in [-0.05, 0) is 16.7 Å². The van der Waals surface area contributed by atoms with Crippen LogP contribution >= 0.6 is 7.82 Å². The van der Waals surface area contributed by atoms with Gasteiger partial charge in [-0.2, -0.15) is 0 Å². The average molecular weight is 543 g/mol. The Hall–Kier alpha value is -3.53. The first-order chi connectivity index (χ1) is 18.5. The van der Waals surface area contributed by atoms with Gasteiger partial charge in [-0.25, -0.2) is 13.9 Å². The number of benzene rings is 3. The largest absolute Gasteiger partial charge is 0.478 e. The van der Waals surface area contributed by atoms with E-state index in [1.807, 2.05) is 66.7 Å². The molecule has 202 valence electrons. The molecule has 0 bridgehead atoms. The summed E-state index contributed by atoms with van der Waals surface area (Å²) in [6.07, 6.45) is -0.898. The van der Waals surface area contributed by atoms with Gasteiger partial charge in [0.1, 0.15) is 13.2 Å². The second-order valence-electron chi connectivity index (χ2n) is 7.98. The highest BCUT2D eigenvalue weighted by Gasteiger charge is 2.29. The molecule has 0 aromatic heterocycles. The summed E-state index contributed by atoms with van der Waals surface area (Å²) in [6.45, 7) is -1.03. The van der Waals surface area contributed by atoms with E-state index in [2.05, 4.69) is 0 Å². The second kappa shape index (κ2) is 15.7. The minimum atomic E-state index is -4.14. The summed E-state index contributed by atoms with van der Waals surface area (Å²) in [5.41, 5.74) is 7.89. The topological polar surface area (TPSA) is 127 Å². The van der Waals surface area contributed by atoms with E-state index < -0.39 is 26.7 Å². The predicted molar refractivity (Wildman–Crippen MR) is 139 cm³/mol. The highest BCUT2D eigenvalue weighted by atomic mass is 31.2. The van der Waals surface area contributed by atoms with Crippen molar-refractivity contribution < 1.29 is 37.2 Å². The summed E-state index contributed by atoms with van der Waals surface area (Å²) in [5.74, 6) is -0.636. The molecule has 11 heteroatoms. The van der Waals surface area contributed by atoms with Crippen molar-refractivity contribution in [2.75, 3.05) is 26.4 Å². The van der Waals surface area contributed by atoms with Crippen LogP contribution in [0.25, 0.3) is 0 Å². The van der Waals surface area contributed by atoms with Gasteiger partial charge in [0.05, 0.1) is 13.2 Å². The molecule has 38 heavy (non-hydrogen) atoms. The molecule has 0 heterocycles. The van der Waals surface area contributed by atoms with Crippen LogP contribution in [-0.2, 0) is 52.2 Å². The van der Waals surface area contributed by atoms with E-state index in [1.165, 1.54) is 0 Å². The van der Waals surface area contributed by atoms with Crippen LogP contribution in [-0.4, -0.2) is 43.4 Å². The fourth-order valence-electron chi connectivity index (χ4n) is 3.13. The molecule has 0 aliphatic rings. The van der Waals surface area contributed by atoms with Gasteiger partial charge in [0.15, 0.2) is 0 Å². The minimum Gasteiger partial charge on any atom is -0.459 e. The van der Waals surface area contributed by atoms with Crippen LogP contribution in [0.2, 0.25) is 0 Å². The van der Waals surface area contributed by atoms with E-state index >= 15 is 0 Å². The molecule has 3 aromatic rings. The van der Waals surface area contributed by atoms with E-state index in [9.17, 15) is 14.2 Å². The summed E-state index contributed by atoms with van der Waals surface area (Å²) in [7, 11) is -4.14. The number of carbonyl (C=O) groups excluding carboxylic acids is 2. The Bertz CT molecular complexity index is 1120. The highest BCUT2D eigenvalue weighted by Crippen LogP contribution is 2.50. The standard InChI is InChI=1S/C27H31N2O8P/c28-16-17-29(18-26(30)33-19-23-10-4-1-5-11-23)27(31)34-22-37-38(32,35-20-24-12-6-2-7-13-24)36-21-25-14-8-3-9-15-25/h1-15H,16-22,28H2. The van der Waals surface area contributed by atoms with Crippen LogP contribution in [0.3, 0.4) is 0 Å². The fraction of sp³-hybridized carbons (Fsp3) is 0.259. The number of rotatable bonds is 15. The molecule has 10 nitrogen and oxygen atoms in total. The minimum absolute atomic E-state index is 0.0337. The summed E-state index contributed by atoms with van der Waals surface area (Å²) in [6, 6.07) is 27.3. The monoisotopic (exact) mass is 542 g/mol. The van der Waals surface area contributed by atoms with Crippen molar-refractivity contribution in [3.63, 3.8) is 0 Å². The van der Waals surface area contributed by atoms with Crippen molar-refractivity contribution in [1.82, 2.24) is 4.90 Å². The third kappa shape index (κ3) is 10.5. The molecule has 2 N–H and O–H groups in total. The third-order valence-corrected chi connectivity index (χ3v) is 6.39. The zero-order chi connectivity index (χ0) is 27.1. The van der Waals surface area contributed by atoms with Gasteiger partial charge in [0, 0.05) is 13.1 Å². The number of nitrogens with zero attached hydrogens (tertiary/aromatic N) is 1. The lowest BCUT2D eigenvalue weighted by atomic mass is 10.2. The molecule has 0 atom stereocenters. The molecule has 0 unspecified atom stereocenters. The molecular formula is C27H31N2O8P. The summed E-state index contributed by atoms with van der Waals surface area (Å²) in [4.78, 5) is 25.9. The number of carbonyl (C=O) groups is 2. The molecular weight excluding hydrogens is 511 g/mol. The Morgan fingerprint density at radius 3 is 1.63 bits per heavy atom. The van der Waals surface area contributed by atoms with Crippen LogP contribution in [0.15, 0.2) is 91.0 Å². The van der Waals surface area contributed by atoms with Crippen LogP contribution in [0.1, 0.15) is 16.7 Å². The van der Waals surface area contributed by atoms with Crippen LogP contribution < -0.4 is 5.73 Å². The van der Waals surface area contributed by atoms with Gasteiger partial charge < -0.3 is 15.2 Å². The molecule has 0 saturated heterocycles. The maximum absolute atomic E-state index is 13.3. The molecule has 0 radical (unpaired) electrons. The Morgan fingerprint density at radius 1 is 0.684 bits per heavy atom. The Labute approximate surface area is 221 Å². The van der Waals surface area contributed by atoms with Crippen LogP contribution in [0.4, 0.5) is 4.79 Å². The molecule has 0 aliphatic heterocycles. The van der Waals surface area contributed by atoms with Gasteiger partial charge in [0.2, 0.25) is 6.79 Å². The van der Waals surface area contributed by atoms with E-state index in [4.69, 9.17) is 28.8 Å². The molecule has 3 aromatic carbocycles. The van der Waals surface area contributed by atoms with E-state index in [0.717, 1.165) is 21.6 Å². The molecule has 0 saturated carbocycles. The Morgan fingerprint density at radius 2 is 1.16 bits per heavy atom.